The van der Waals surface area contributed by atoms with E-state index in [0.717, 1.165) is 0 Å². The fourth-order valence-corrected chi connectivity index (χ4v) is 1.01. The zero-order valence-corrected chi connectivity index (χ0v) is 8.53. The molecule has 15 heavy (non-hydrogen) atoms. The van der Waals surface area contributed by atoms with Crippen molar-refractivity contribution in [3.05, 3.63) is 0 Å². The minimum atomic E-state index is -1.05. The van der Waals surface area contributed by atoms with Gasteiger partial charge in [-0.05, 0) is 0 Å². The number of carbonyl (C=O) groups excluding carboxylic acids is 1. The predicted molar refractivity (Wildman–Crippen MR) is 55.2 cm³/mol. The van der Waals surface area contributed by atoms with Gasteiger partial charge in [0, 0.05) is 26.2 Å². The second kappa shape index (κ2) is 8.16. The standard InChI is InChI=1S/C8H18N4O3/c9-1-2-11-3-4-12-6(8(10)15)5-7(13)14/h6,11-12H,1-5,9H2,(H2,10,15)(H,13,14)/t6-/m0/s1. The monoisotopic (exact) mass is 218 g/mol. The first kappa shape index (κ1) is 13.8. The van der Waals surface area contributed by atoms with Crippen LogP contribution in [0.4, 0.5) is 0 Å². The minimum Gasteiger partial charge on any atom is -0.481 e. The van der Waals surface area contributed by atoms with E-state index in [4.69, 9.17) is 16.6 Å². The van der Waals surface area contributed by atoms with Crippen LogP contribution in [-0.4, -0.2) is 49.2 Å². The summed E-state index contributed by atoms with van der Waals surface area (Å²) >= 11 is 0. The lowest BCUT2D eigenvalue weighted by Crippen LogP contribution is -2.45. The molecule has 7 heteroatoms. The van der Waals surface area contributed by atoms with Crippen LogP contribution in [0, 0.1) is 0 Å². The fourth-order valence-electron chi connectivity index (χ4n) is 1.01. The van der Waals surface area contributed by atoms with Crippen LogP contribution < -0.4 is 22.1 Å². The number of rotatable bonds is 9. The average molecular weight is 218 g/mol. The van der Waals surface area contributed by atoms with Crippen molar-refractivity contribution in [1.29, 1.82) is 0 Å². The van der Waals surface area contributed by atoms with Crippen molar-refractivity contribution in [3.63, 3.8) is 0 Å². The third kappa shape index (κ3) is 7.86. The lowest BCUT2D eigenvalue weighted by atomic mass is 10.2. The molecule has 0 saturated heterocycles. The van der Waals surface area contributed by atoms with Crippen molar-refractivity contribution in [2.45, 2.75) is 12.5 Å². The van der Waals surface area contributed by atoms with Crippen LogP contribution >= 0.6 is 0 Å². The number of hydrogen-bond acceptors (Lipinski definition) is 5. The van der Waals surface area contributed by atoms with Gasteiger partial charge in [0.1, 0.15) is 0 Å². The Hall–Kier alpha value is -1.18. The van der Waals surface area contributed by atoms with Crippen molar-refractivity contribution in [2.24, 2.45) is 11.5 Å². The number of hydrogen-bond donors (Lipinski definition) is 5. The molecule has 0 aliphatic heterocycles. The van der Waals surface area contributed by atoms with Gasteiger partial charge in [0.2, 0.25) is 5.91 Å². The molecule has 0 aromatic heterocycles. The first-order valence-electron chi connectivity index (χ1n) is 4.73. The summed E-state index contributed by atoms with van der Waals surface area (Å²) in [4.78, 5) is 21.2. The number of primary amides is 1. The normalized spacial score (nSPS) is 12.3. The van der Waals surface area contributed by atoms with Gasteiger partial charge < -0.3 is 27.2 Å². The third-order valence-corrected chi connectivity index (χ3v) is 1.74. The third-order valence-electron chi connectivity index (χ3n) is 1.74. The number of nitrogens with two attached hydrogens (primary N) is 2. The molecule has 7 nitrogen and oxygen atoms in total. The molecule has 88 valence electrons. The van der Waals surface area contributed by atoms with Gasteiger partial charge in [-0.2, -0.15) is 0 Å². The Kier molecular flexibility index (Phi) is 7.51. The van der Waals surface area contributed by atoms with E-state index in [1.165, 1.54) is 0 Å². The Morgan fingerprint density at radius 1 is 1.27 bits per heavy atom. The number of carboxylic acids is 1. The van der Waals surface area contributed by atoms with E-state index < -0.39 is 17.9 Å². The molecular formula is C8H18N4O3. The van der Waals surface area contributed by atoms with Gasteiger partial charge in [-0.3, -0.25) is 9.59 Å². The Labute approximate surface area is 88.2 Å². The molecule has 0 radical (unpaired) electrons. The summed E-state index contributed by atoms with van der Waals surface area (Å²) in [5.74, 6) is -1.71. The fraction of sp³-hybridized carbons (Fsp3) is 0.750. The molecule has 0 aliphatic carbocycles. The van der Waals surface area contributed by atoms with E-state index in [1.54, 1.807) is 0 Å². The molecule has 0 heterocycles. The van der Waals surface area contributed by atoms with Crippen LogP contribution in [0.1, 0.15) is 6.42 Å². The second-order valence-electron chi connectivity index (χ2n) is 3.05. The molecule has 0 fully saturated rings. The summed E-state index contributed by atoms with van der Waals surface area (Å²) in [6.45, 7) is 2.30. The molecule has 1 atom stereocenters. The maximum absolute atomic E-state index is 10.8. The van der Waals surface area contributed by atoms with Crippen LogP contribution in [0.5, 0.6) is 0 Å². The lowest BCUT2D eigenvalue weighted by Gasteiger charge is -2.13. The topological polar surface area (TPSA) is 130 Å². The quantitative estimate of drug-likeness (QED) is 0.271. The van der Waals surface area contributed by atoms with Crippen LogP contribution in [0.25, 0.3) is 0 Å². The summed E-state index contributed by atoms with van der Waals surface area (Å²) in [5, 5.41) is 14.2. The van der Waals surface area contributed by atoms with Crippen molar-refractivity contribution in [1.82, 2.24) is 10.6 Å². The van der Waals surface area contributed by atoms with Crippen LogP contribution in [0.3, 0.4) is 0 Å². The van der Waals surface area contributed by atoms with Crippen molar-refractivity contribution >= 4 is 11.9 Å². The molecule has 0 unspecified atom stereocenters. The summed E-state index contributed by atoms with van der Waals surface area (Å²) in [6.07, 6.45) is -0.299. The SMILES string of the molecule is NCCNCCN[C@@H](CC(=O)O)C(N)=O. The molecule has 0 aromatic carbocycles. The highest BCUT2D eigenvalue weighted by atomic mass is 16.4. The van der Waals surface area contributed by atoms with Gasteiger partial charge in [-0.25, -0.2) is 0 Å². The number of aliphatic carboxylic acids is 1. The van der Waals surface area contributed by atoms with Crippen molar-refractivity contribution in [3.8, 4) is 0 Å². The highest BCUT2D eigenvalue weighted by molar-refractivity contribution is 5.84. The molecule has 0 saturated carbocycles. The number of carboxylic acid groups (broad SMARTS) is 1. The summed E-state index contributed by atoms with van der Waals surface area (Å²) < 4.78 is 0. The maximum atomic E-state index is 10.8. The number of amides is 1. The van der Waals surface area contributed by atoms with Crippen molar-refractivity contribution in [2.75, 3.05) is 26.2 Å². The zero-order chi connectivity index (χ0) is 11.7. The first-order chi connectivity index (χ1) is 7.07. The molecular weight excluding hydrogens is 200 g/mol. The molecule has 7 N–H and O–H groups in total. The van der Waals surface area contributed by atoms with E-state index in [-0.39, 0.29) is 6.42 Å². The van der Waals surface area contributed by atoms with Gasteiger partial charge in [-0.1, -0.05) is 0 Å². The Balaban J connectivity index is 3.67. The Morgan fingerprint density at radius 2 is 1.93 bits per heavy atom. The van der Waals surface area contributed by atoms with E-state index in [2.05, 4.69) is 10.6 Å². The molecule has 0 bridgehead atoms. The number of nitrogens with one attached hydrogen (secondary N) is 2. The largest absolute Gasteiger partial charge is 0.481 e. The van der Waals surface area contributed by atoms with Crippen LogP contribution in [0.15, 0.2) is 0 Å². The molecule has 0 spiro atoms. The lowest BCUT2D eigenvalue weighted by molar-refractivity contribution is -0.139. The maximum Gasteiger partial charge on any atom is 0.305 e. The summed E-state index contributed by atoms with van der Waals surface area (Å²) in [5.41, 5.74) is 10.3. The van der Waals surface area contributed by atoms with Gasteiger partial charge in [0.25, 0.3) is 0 Å². The summed E-state index contributed by atoms with van der Waals surface area (Å²) in [7, 11) is 0. The first-order valence-corrected chi connectivity index (χ1v) is 4.73. The van der Waals surface area contributed by atoms with Gasteiger partial charge in [-0.15, -0.1) is 0 Å². The average Bonchev–Trinajstić information content (AvgIpc) is 2.15. The van der Waals surface area contributed by atoms with E-state index in [1.807, 2.05) is 0 Å². The van der Waals surface area contributed by atoms with E-state index >= 15 is 0 Å². The summed E-state index contributed by atoms with van der Waals surface area (Å²) in [6, 6.07) is -0.817. The molecule has 1 amide bonds. The van der Waals surface area contributed by atoms with Gasteiger partial charge in [0.15, 0.2) is 0 Å². The second-order valence-corrected chi connectivity index (χ2v) is 3.05. The van der Waals surface area contributed by atoms with E-state index in [0.29, 0.717) is 26.2 Å². The van der Waals surface area contributed by atoms with Crippen LogP contribution in [-0.2, 0) is 9.59 Å². The number of carbonyl (C=O) groups is 2. The highest BCUT2D eigenvalue weighted by Gasteiger charge is 2.17. The molecule has 0 rings (SSSR count). The Morgan fingerprint density at radius 3 is 2.40 bits per heavy atom. The smallest absolute Gasteiger partial charge is 0.305 e. The molecule has 0 aliphatic rings. The van der Waals surface area contributed by atoms with E-state index in [9.17, 15) is 9.59 Å². The Bertz CT molecular complexity index is 210. The zero-order valence-electron chi connectivity index (χ0n) is 8.53. The van der Waals surface area contributed by atoms with Gasteiger partial charge >= 0.3 is 5.97 Å². The predicted octanol–water partition coefficient (Wildman–Crippen LogP) is -2.55. The molecule has 0 aromatic rings. The van der Waals surface area contributed by atoms with Crippen molar-refractivity contribution < 1.29 is 14.7 Å². The van der Waals surface area contributed by atoms with Crippen LogP contribution in [0.2, 0.25) is 0 Å². The minimum absolute atomic E-state index is 0.299. The van der Waals surface area contributed by atoms with Gasteiger partial charge in [0.05, 0.1) is 12.5 Å². The highest BCUT2D eigenvalue weighted by Crippen LogP contribution is 1.90.